The second-order valence-electron chi connectivity index (χ2n) is 4.22. The zero-order valence-corrected chi connectivity index (χ0v) is 10.6. The minimum Gasteiger partial charge on any atom is -0.481 e. The van der Waals surface area contributed by atoms with Crippen LogP contribution >= 0.6 is 0 Å². The number of hydrogen-bond acceptors (Lipinski definition) is 3. The Bertz CT molecular complexity index is 388. The van der Waals surface area contributed by atoms with E-state index in [9.17, 15) is 9.59 Å². The fraction of sp³-hybridized carbons (Fsp3) is 0.429. The van der Waals surface area contributed by atoms with E-state index in [2.05, 4.69) is 0 Å². The minimum atomic E-state index is -1.38. The van der Waals surface area contributed by atoms with Gasteiger partial charge in [0, 0.05) is 13.2 Å². The van der Waals surface area contributed by atoms with Crippen molar-refractivity contribution in [1.82, 2.24) is 0 Å². The van der Waals surface area contributed by atoms with E-state index >= 15 is 0 Å². The highest BCUT2D eigenvalue weighted by molar-refractivity contribution is 5.92. The standard InChI is InChI=1S/C14H18O5/c15-13(16)12(14(17)18)8-10-19-9-4-7-11-5-2-1-3-6-11/h1-3,5-6,12H,4,7-10H2,(H,15,16)(H,17,18). The second kappa shape index (κ2) is 8.26. The molecule has 19 heavy (non-hydrogen) atoms. The van der Waals surface area contributed by atoms with E-state index in [4.69, 9.17) is 14.9 Å². The molecule has 0 amide bonds. The Hall–Kier alpha value is -1.88. The zero-order chi connectivity index (χ0) is 14.1. The van der Waals surface area contributed by atoms with Crippen molar-refractivity contribution in [3.8, 4) is 0 Å². The van der Waals surface area contributed by atoms with E-state index in [1.54, 1.807) is 0 Å². The van der Waals surface area contributed by atoms with Gasteiger partial charge in [0.25, 0.3) is 0 Å². The number of aliphatic carboxylic acids is 2. The van der Waals surface area contributed by atoms with Crippen LogP contribution in [0, 0.1) is 5.92 Å². The molecule has 0 radical (unpaired) electrons. The van der Waals surface area contributed by atoms with Gasteiger partial charge in [-0.3, -0.25) is 9.59 Å². The summed E-state index contributed by atoms with van der Waals surface area (Å²) >= 11 is 0. The van der Waals surface area contributed by atoms with Gasteiger partial charge >= 0.3 is 11.9 Å². The van der Waals surface area contributed by atoms with Crippen molar-refractivity contribution >= 4 is 11.9 Å². The summed E-state index contributed by atoms with van der Waals surface area (Å²) in [5.74, 6) is -4.02. The molecular weight excluding hydrogens is 248 g/mol. The van der Waals surface area contributed by atoms with Gasteiger partial charge in [-0.15, -0.1) is 0 Å². The van der Waals surface area contributed by atoms with Crippen LogP contribution < -0.4 is 0 Å². The lowest BCUT2D eigenvalue weighted by atomic mass is 10.1. The highest BCUT2D eigenvalue weighted by Crippen LogP contribution is 2.05. The predicted octanol–water partition coefficient (Wildman–Crippen LogP) is 1.81. The molecule has 0 fully saturated rings. The maximum atomic E-state index is 10.6. The molecule has 0 spiro atoms. The Labute approximate surface area is 111 Å². The Kier molecular flexibility index (Phi) is 6.60. The van der Waals surface area contributed by atoms with Gasteiger partial charge < -0.3 is 14.9 Å². The lowest BCUT2D eigenvalue weighted by Gasteiger charge is -2.08. The molecule has 0 aliphatic carbocycles. The first-order valence-corrected chi connectivity index (χ1v) is 6.18. The van der Waals surface area contributed by atoms with Crippen LogP contribution in [0.2, 0.25) is 0 Å². The summed E-state index contributed by atoms with van der Waals surface area (Å²) < 4.78 is 5.26. The van der Waals surface area contributed by atoms with Crippen molar-refractivity contribution in [2.24, 2.45) is 5.92 Å². The van der Waals surface area contributed by atoms with Gasteiger partial charge in [0.05, 0.1) is 0 Å². The van der Waals surface area contributed by atoms with Crippen LogP contribution in [-0.2, 0) is 20.7 Å². The summed E-state index contributed by atoms with van der Waals surface area (Å²) in [4.78, 5) is 21.2. The number of carbonyl (C=O) groups is 2. The van der Waals surface area contributed by atoms with Gasteiger partial charge in [0.1, 0.15) is 0 Å². The fourth-order valence-electron chi connectivity index (χ4n) is 1.68. The van der Waals surface area contributed by atoms with Gasteiger partial charge in [0.2, 0.25) is 0 Å². The molecule has 0 aliphatic rings. The molecular formula is C14H18O5. The Morgan fingerprint density at radius 1 is 1.05 bits per heavy atom. The van der Waals surface area contributed by atoms with Crippen molar-refractivity contribution in [2.75, 3.05) is 13.2 Å². The third kappa shape index (κ3) is 6.01. The smallest absolute Gasteiger partial charge is 0.317 e. The molecule has 0 atom stereocenters. The quantitative estimate of drug-likeness (QED) is 0.526. The number of carboxylic acid groups (broad SMARTS) is 2. The van der Waals surface area contributed by atoms with Crippen molar-refractivity contribution in [3.63, 3.8) is 0 Å². The normalized spacial score (nSPS) is 10.6. The second-order valence-corrected chi connectivity index (χ2v) is 4.22. The molecule has 1 aromatic rings. The fourth-order valence-corrected chi connectivity index (χ4v) is 1.68. The van der Waals surface area contributed by atoms with Crippen LogP contribution in [0.3, 0.4) is 0 Å². The van der Waals surface area contributed by atoms with Gasteiger partial charge in [-0.2, -0.15) is 0 Å². The Balaban J connectivity index is 2.11. The van der Waals surface area contributed by atoms with Crippen molar-refractivity contribution < 1.29 is 24.5 Å². The average Bonchev–Trinajstić information content (AvgIpc) is 2.38. The number of ether oxygens (including phenoxy) is 1. The zero-order valence-electron chi connectivity index (χ0n) is 10.6. The minimum absolute atomic E-state index is 0.00396. The molecule has 1 rings (SSSR count). The number of carboxylic acids is 2. The van der Waals surface area contributed by atoms with E-state index in [0.717, 1.165) is 12.8 Å². The summed E-state index contributed by atoms with van der Waals surface area (Å²) in [5, 5.41) is 17.3. The molecule has 5 heteroatoms. The molecule has 0 saturated heterocycles. The molecule has 0 aromatic heterocycles. The first-order chi connectivity index (χ1) is 9.11. The van der Waals surface area contributed by atoms with Crippen molar-refractivity contribution in [2.45, 2.75) is 19.3 Å². The van der Waals surface area contributed by atoms with Gasteiger partial charge in [-0.05, 0) is 24.8 Å². The number of benzene rings is 1. The van der Waals surface area contributed by atoms with Gasteiger partial charge in [-0.25, -0.2) is 0 Å². The summed E-state index contributed by atoms with van der Waals surface area (Å²) in [6.45, 7) is 0.652. The molecule has 0 heterocycles. The first-order valence-electron chi connectivity index (χ1n) is 6.18. The summed E-state index contributed by atoms with van der Waals surface area (Å²) in [5.41, 5.74) is 1.22. The highest BCUT2D eigenvalue weighted by Gasteiger charge is 2.24. The first kappa shape index (κ1) is 15.2. The van der Waals surface area contributed by atoms with E-state index in [1.165, 1.54) is 5.56 Å². The Morgan fingerprint density at radius 2 is 1.68 bits per heavy atom. The molecule has 2 N–H and O–H groups in total. The highest BCUT2D eigenvalue weighted by atomic mass is 16.5. The van der Waals surface area contributed by atoms with Gasteiger partial charge in [0.15, 0.2) is 5.92 Å². The maximum absolute atomic E-state index is 10.6. The lowest BCUT2D eigenvalue weighted by molar-refractivity contribution is -0.155. The number of rotatable bonds is 9. The third-order valence-electron chi connectivity index (χ3n) is 2.74. The van der Waals surface area contributed by atoms with Gasteiger partial charge in [-0.1, -0.05) is 30.3 Å². The SMILES string of the molecule is O=C(O)C(CCOCCCc1ccccc1)C(=O)O. The van der Waals surface area contributed by atoms with Crippen molar-refractivity contribution in [1.29, 1.82) is 0 Å². The summed E-state index contributed by atoms with van der Waals surface area (Å²) in [7, 11) is 0. The molecule has 0 aliphatic heterocycles. The molecule has 1 aromatic carbocycles. The van der Waals surface area contributed by atoms with E-state index in [1.807, 2.05) is 30.3 Å². The van der Waals surface area contributed by atoms with E-state index in [-0.39, 0.29) is 13.0 Å². The maximum Gasteiger partial charge on any atom is 0.317 e. The molecule has 5 nitrogen and oxygen atoms in total. The monoisotopic (exact) mass is 266 g/mol. The molecule has 104 valence electrons. The van der Waals surface area contributed by atoms with Crippen LogP contribution in [0.5, 0.6) is 0 Å². The molecule has 0 unspecified atom stereocenters. The van der Waals surface area contributed by atoms with Crippen LogP contribution in [0.15, 0.2) is 30.3 Å². The summed E-state index contributed by atoms with van der Waals surface area (Å²) in [6, 6.07) is 9.97. The predicted molar refractivity (Wildman–Crippen MR) is 69.0 cm³/mol. The number of aryl methyl sites for hydroxylation is 1. The lowest BCUT2D eigenvalue weighted by Crippen LogP contribution is -2.24. The van der Waals surface area contributed by atoms with E-state index in [0.29, 0.717) is 6.61 Å². The van der Waals surface area contributed by atoms with Crippen LogP contribution in [-0.4, -0.2) is 35.4 Å². The topological polar surface area (TPSA) is 83.8 Å². The Morgan fingerprint density at radius 3 is 2.26 bits per heavy atom. The van der Waals surface area contributed by atoms with Crippen LogP contribution in [0.25, 0.3) is 0 Å². The van der Waals surface area contributed by atoms with Crippen LogP contribution in [0.1, 0.15) is 18.4 Å². The largest absolute Gasteiger partial charge is 0.481 e. The van der Waals surface area contributed by atoms with Crippen molar-refractivity contribution in [3.05, 3.63) is 35.9 Å². The number of hydrogen-bond donors (Lipinski definition) is 2. The van der Waals surface area contributed by atoms with E-state index < -0.39 is 17.9 Å². The third-order valence-corrected chi connectivity index (χ3v) is 2.74. The summed E-state index contributed by atoms with van der Waals surface area (Å²) in [6.07, 6.45) is 1.72. The molecule has 0 saturated carbocycles. The molecule has 0 bridgehead atoms. The average molecular weight is 266 g/mol. The van der Waals surface area contributed by atoms with Crippen LogP contribution in [0.4, 0.5) is 0 Å².